The van der Waals surface area contributed by atoms with E-state index in [4.69, 9.17) is 11.6 Å². The number of halogens is 1. The summed E-state index contributed by atoms with van der Waals surface area (Å²) in [4.78, 5) is 4.00. The van der Waals surface area contributed by atoms with Crippen molar-refractivity contribution >= 4 is 27.3 Å². The highest BCUT2D eigenvalue weighted by atomic mass is 35.5. The van der Waals surface area contributed by atoms with Crippen molar-refractivity contribution in [2.45, 2.75) is 24.8 Å². The van der Waals surface area contributed by atoms with Crippen molar-refractivity contribution in [3.8, 4) is 0 Å². The lowest BCUT2D eigenvalue weighted by Gasteiger charge is -2.20. The van der Waals surface area contributed by atoms with Crippen molar-refractivity contribution in [3.63, 3.8) is 0 Å². The van der Waals surface area contributed by atoms with Crippen LogP contribution < -0.4 is 4.31 Å². The van der Waals surface area contributed by atoms with Crippen molar-refractivity contribution < 1.29 is 8.42 Å². The molecule has 0 unspecified atom stereocenters. The van der Waals surface area contributed by atoms with Gasteiger partial charge in [0.25, 0.3) is 10.0 Å². The number of aryl methyl sites for hydroxylation is 2. The number of anilines is 1. The molecule has 112 valence electrons. The molecule has 1 aromatic heterocycles. The highest BCUT2D eigenvalue weighted by Gasteiger charge is 2.22. The second kappa shape index (κ2) is 6.03. The predicted octanol–water partition coefficient (Wildman–Crippen LogP) is 3.26. The van der Waals surface area contributed by atoms with Crippen molar-refractivity contribution in [1.82, 2.24) is 4.98 Å². The van der Waals surface area contributed by atoms with E-state index in [1.807, 2.05) is 32.0 Å². The maximum atomic E-state index is 12.6. The van der Waals surface area contributed by atoms with Gasteiger partial charge in [-0.15, -0.1) is 11.6 Å². The van der Waals surface area contributed by atoms with Crippen molar-refractivity contribution in [1.29, 1.82) is 0 Å². The zero-order chi connectivity index (χ0) is 15.6. The van der Waals surface area contributed by atoms with Gasteiger partial charge >= 0.3 is 0 Å². The first-order chi connectivity index (χ1) is 9.84. The second-order valence-corrected chi connectivity index (χ2v) is 7.14. The first-order valence-corrected chi connectivity index (χ1v) is 8.40. The fourth-order valence-electron chi connectivity index (χ4n) is 2.05. The van der Waals surface area contributed by atoms with E-state index in [-0.39, 0.29) is 5.03 Å². The van der Waals surface area contributed by atoms with E-state index in [0.29, 0.717) is 11.6 Å². The van der Waals surface area contributed by atoms with Gasteiger partial charge in [0.1, 0.15) is 0 Å². The molecule has 0 bridgehead atoms. The van der Waals surface area contributed by atoms with Gasteiger partial charge in [-0.25, -0.2) is 4.98 Å². The molecule has 0 N–H and O–H groups in total. The Bertz CT molecular complexity index is 723. The Kier molecular flexibility index (Phi) is 4.54. The second-order valence-electron chi connectivity index (χ2n) is 4.96. The molecule has 0 aliphatic heterocycles. The lowest BCUT2D eigenvalue weighted by molar-refractivity contribution is 0.590. The lowest BCUT2D eigenvalue weighted by atomic mass is 10.1. The van der Waals surface area contributed by atoms with Crippen molar-refractivity contribution in [3.05, 3.63) is 53.2 Å². The van der Waals surface area contributed by atoms with E-state index in [1.54, 1.807) is 6.07 Å². The Hall–Kier alpha value is -1.59. The van der Waals surface area contributed by atoms with Crippen LogP contribution in [0.4, 0.5) is 5.69 Å². The Morgan fingerprint density at radius 3 is 2.24 bits per heavy atom. The summed E-state index contributed by atoms with van der Waals surface area (Å²) >= 11 is 5.69. The number of rotatable bonds is 4. The third-order valence-corrected chi connectivity index (χ3v) is 5.16. The number of nitrogens with zero attached hydrogens (tertiary/aromatic N) is 2. The predicted molar refractivity (Wildman–Crippen MR) is 85.3 cm³/mol. The molecule has 0 amide bonds. The minimum absolute atomic E-state index is 0.0121. The van der Waals surface area contributed by atoms with Gasteiger partial charge < -0.3 is 0 Å². The summed E-state index contributed by atoms with van der Waals surface area (Å²) in [5.74, 6) is 0.306. The summed E-state index contributed by atoms with van der Waals surface area (Å²) in [6.45, 7) is 3.87. The lowest BCUT2D eigenvalue weighted by Crippen LogP contribution is -2.27. The molecule has 21 heavy (non-hydrogen) atoms. The van der Waals surface area contributed by atoms with Crippen LogP contribution in [0, 0.1) is 13.8 Å². The molecular weight excluding hydrogens is 308 g/mol. The normalized spacial score (nSPS) is 11.4. The maximum absolute atomic E-state index is 12.6. The van der Waals surface area contributed by atoms with Crippen LogP contribution in [0.1, 0.15) is 16.7 Å². The van der Waals surface area contributed by atoms with Crippen molar-refractivity contribution in [2.24, 2.45) is 0 Å². The van der Waals surface area contributed by atoms with Gasteiger partial charge in [-0.3, -0.25) is 4.31 Å². The van der Waals surface area contributed by atoms with Crippen LogP contribution in [0.5, 0.6) is 0 Å². The smallest absolute Gasteiger partial charge is 0.268 e. The molecule has 4 nitrogen and oxygen atoms in total. The summed E-state index contributed by atoms with van der Waals surface area (Å²) < 4.78 is 26.4. The first-order valence-electron chi connectivity index (χ1n) is 6.42. The topological polar surface area (TPSA) is 50.3 Å². The highest BCUT2D eigenvalue weighted by molar-refractivity contribution is 7.92. The SMILES string of the molecule is Cc1cc(C)cc(N(C)S(=O)(=O)c2ccc(CCl)cn2)c1. The number of alkyl halides is 1. The Morgan fingerprint density at radius 1 is 1.14 bits per heavy atom. The fraction of sp³-hybridized carbons (Fsp3) is 0.267. The maximum Gasteiger partial charge on any atom is 0.281 e. The highest BCUT2D eigenvalue weighted by Crippen LogP contribution is 2.23. The number of pyridine rings is 1. The Morgan fingerprint density at radius 2 is 1.76 bits per heavy atom. The fourth-order valence-corrected chi connectivity index (χ4v) is 3.30. The Balaban J connectivity index is 2.41. The molecule has 0 fully saturated rings. The monoisotopic (exact) mass is 324 g/mol. The van der Waals surface area contributed by atoms with Gasteiger partial charge in [0.05, 0.1) is 5.69 Å². The number of sulfonamides is 1. The number of benzene rings is 1. The largest absolute Gasteiger partial charge is 0.281 e. The summed E-state index contributed by atoms with van der Waals surface area (Å²) in [6, 6.07) is 8.81. The number of aromatic nitrogens is 1. The van der Waals surface area contributed by atoms with Gasteiger partial charge in [-0.2, -0.15) is 8.42 Å². The zero-order valence-corrected chi connectivity index (χ0v) is 13.7. The standard InChI is InChI=1S/C15H17ClN2O2S/c1-11-6-12(2)8-14(7-11)18(3)21(19,20)15-5-4-13(9-16)10-17-15/h4-8,10H,9H2,1-3H3. The molecule has 0 aliphatic carbocycles. The van der Waals surface area contributed by atoms with Crippen LogP contribution in [0.3, 0.4) is 0 Å². The summed E-state index contributed by atoms with van der Waals surface area (Å²) in [7, 11) is -2.14. The van der Waals surface area contributed by atoms with Crippen molar-refractivity contribution in [2.75, 3.05) is 11.4 Å². The molecule has 1 aromatic carbocycles. The summed E-state index contributed by atoms with van der Waals surface area (Å²) in [5, 5.41) is 0.0121. The van der Waals surface area contributed by atoms with E-state index in [1.165, 1.54) is 23.6 Å². The van der Waals surface area contributed by atoms with E-state index in [2.05, 4.69) is 4.98 Å². The van der Waals surface area contributed by atoms with Gasteiger partial charge in [0, 0.05) is 19.1 Å². The summed E-state index contributed by atoms with van der Waals surface area (Å²) in [5.41, 5.74) is 3.43. The minimum Gasteiger partial charge on any atom is -0.268 e. The molecule has 0 radical (unpaired) electrons. The molecule has 6 heteroatoms. The molecule has 1 heterocycles. The van der Waals surface area contributed by atoms with Gasteiger partial charge in [0.2, 0.25) is 0 Å². The molecular formula is C15H17ClN2O2S. The van der Waals surface area contributed by atoms with E-state index < -0.39 is 10.0 Å². The van der Waals surface area contributed by atoms with Crippen LogP contribution in [0.25, 0.3) is 0 Å². The average molecular weight is 325 g/mol. The molecule has 0 saturated carbocycles. The third-order valence-electron chi connectivity index (χ3n) is 3.15. The molecule has 0 saturated heterocycles. The van der Waals surface area contributed by atoms with E-state index in [0.717, 1.165) is 16.7 Å². The number of hydrogen-bond donors (Lipinski definition) is 0. The summed E-state index contributed by atoms with van der Waals surface area (Å²) in [6.07, 6.45) is 1.48. The van der Waals surface area contributed by atoms with Gasteiger partial charge in [-0.1, -0.05) is 12.1 Å². The van der Waals surface area contributed by atoms with Crippen LogP contribution >= 0.6 is 11.6 Å². The Labute approximate surface area is 130 Å². The minimum atomic E-state index is -3.67. The number of hydrogen-bond acceptors (Lipinski definition) is 3. The van der Waals surface area contributed by atoms with Crippen LogP contribution in [0.2, 0.25) is 0 Å². The van der Waals surface area contributed by atoms with E-state index in [9.17, 15) is 8.42 Å². The van der Waals surface area contributed by atoms with Crippen LogP contribution in [-0.2, 0) is 15.9 Å². The first kappa shape index (κ1) is 15.8. The molecule has 0 aliphatic rings. The van der Waals surface area contributed by atoms with Crippen LogP contribution in [-0.4, -0.2) is 20.4 Å². The molecule has 0 atom stereocenters. The van der Waals surface area contributed by atoms with E-state index >= 15 is 0 Å². The average Bonchev–Trinajstić information content (AvgIpc) is 2.45. The molecule has 0 spiro atoms. The zero-order valence-electron chi connectivity index (χ0n) is 12.2. The van der Waals surface area contributed by atoms with Gasteiger partial charge in [-0.05, 0) is 48.7 Å². The van der Waals surface area contributed by atoms with Gasteiger partial charge in [0.15, 0.2) is 5.03 Å². The molecule has 2 aromatic rings. The van der Waals surface area contributed by atoms with Crippen LogP contribution in [0.15, 0.2) is 41.6 Å². The third kappa shape index (κ3) is 3.36. The molecule has 2 rings (SSSR count). The quantitative estimate of drug-likeness (QED) is 0.811.